The van der Waals surface area contributed by atoms with Gasteiger partial charge in [-0.3, -0.25) is 4.79 Å². The summed E-state index contributed by atoms with van der Waals surface area (Å²) in [6.45, 7) is 0. The van der Waals surface area contributed by atoms with Crippen LogP contribution in [-0.4, -0.2) is 27.6 Å². The van der Waals surface area contributed by atoms with E-state index < -0.39 is 0 Å². The van der Waals surface area contributed by atoms with Gasteiger partial charge in [0, 0.05) is 17.2 Å². The topological polar surface area (TPSA) is 44.8 Å². The molecule has 0 atom stereocenters. The van der Waals surface area contributed by atoms with Gasteiger partial charge < -0.3 is 14.2 Å². The van der Waals surface area contributed by atoms with Gasteiger partial charge in [0.1, 0.15) is 17.2 Å². The van der Waals surface area contributed by atoms with E-state index in [9.17, 15) is 4.79 Å². The predicted molar refractivity (Wildman–Crippen MR) is 76.9 cm³/mol. The lowest BCUT2D eigenvalue weighted by molar-refractivity contribution is 0.112. The van der Waals surface area contributed by atoms with E-state index in [0.29, 0.717) is 17.1 Å². The molecule has 0 aromatic heterocycles. The summed E-state index contributed by atoms with van der Waals surface area (Å²) in [5.74, 6) is 1.94. The van der Waals surface area contributed by atoms with Crippen molar-refractivity contribution in [2.75, 3.05) is 21.3 Å². The molecule has 2 rings (SSSR count). The number of rotatable bonds is 5. The molecule has 0 unspecified atom stereocenters. The largest absolute Gasteiger partial charge is 0.497 e. The molecule has 0 bridgehead atoms. The lowest BCUT2D eigenvalue weighted by Gasteiger charge is -2.13. The molecular formula is C16H16O4. The van der Waals surface area contributed by atoms with Crippen LogP contribution in [-0.2, 0) is 0 Å². The predicted octanol–water partition coefficient (Wildman–Crippen LogP) is 3.19. The van der Waals surface area contributed by atoms with Crippen molar-refractivity contribution < 1.29 is 19.0 Å². The minimum Gasteiger partial charge on any atom is -0.497 e. The van der Waals surface area contributed by atoms with Crippen molar-refractivity contribution in [3.8, 4) is 28.4 Å². The molecule has 104 valence electrons. The second-order valence-corrected chi connectivity index (χ2v) is 4.14. The molecule has 0 aliphatic heterocycles. The van der Waals surface area contributed by atoms with Gasteiger partial charge in [0.05, 0.1) is 21.3 Å². The zero-order chi connectivity index (χ0) is 14.5. The van der Waals surface area contributed by atoms with E-state index in [1.54, 1.807) is 33.5 Å². The lowest BCUT2D eigenvalue weighted by atomic mass is 9.98. The summed E-state index contributed by atoms with van der Waals surface area (Å²) in [6.07, 6.45) is 0.796. The third-order valence-electron chi connectivity index (χ3n) is 3.07. The van der Waals surface area contributed by atoms with Gasteiger partial charge in [-0.1, -0.05) is 12.1 Å². The van der Waals surface area contributed by atoms with Gasteiger partial charge in [0.2, 0.25) is 0 Å². The van der Waals surface area contributed by atoms with Gasteiger partial charge in [0.25, 0.3) is 0 Å². The van der Waals surface area contributed by atoms with E-state index in [1.165, 1.54) is 0 Å². The van der Waals surface area contributed by atoms with Crippen LogP contribution in [0.3, 0.4) is 0 Å². The van der Waals surface area contributed by atoms with Crippen LogP contribution in [0.2, 0.25) is 0 Å². The summed E-state index contributed by atoms with van der Waals surface area (Å²) < 4.78 is 15.7. The average Bonchev–Trinajstić information content (AvgIpc) is 2.53. The number of hydrogen-bond donors (Lipinski definition) is 0. The van der Waals surface area contributed by atoms with Crippen molar-refractivity contribution in [3.05, 3.63) is 42.0 Å². The molecule has 0 aliphatic rings. The number of hydrogen-bond acceptors (Lipinski definition) is 4. The molecule has 0 radical (unpaired) electrons. The van der Waals surface area contributed by atoms with Crippen molar-refractivity contribution >= 4 is 6.29 Å². The summed E-state index contributed by atoms with van der Waals surface area (Å²) in [5.41, 5.74) is 2.14. The Morgan fingerprint density at radius 3 is 2.00 bits per heavy atom. The van der Waals surface area contributed by atoms with E-state index in [0.717, 1.165) is 23.2 Å². The molecule has 0 aliphatic carbocycles. The molecule has 0 saturated carbocycles. The summed E-state index contributed by atoms with van der Waals surface area (Å²) in [4.78, 5) is 11.3. The van der Waals surface area contributed by atoms with Crippen LogP contribution in [0.5, 0.6) is 17.2 Å². The van der Waals surface area contributed by atoms with Crippen LogP contribution in [0.25, 0.3) is 11.1 Å². The van der Waals surface area contributed by atoms with Gasteiger partial charge in [-0.05, 0) is 23.8 Å². The molecular weight excluding hydrogens is 256 g/mol. The number of carbonyl (C=O) groups is 1. The fourth-order valence-electron chi connectivity index (χ4n) is 2.05. The summed E-state index contributed by atoms with van der Waals surface area (Å²) in [5, 5.41) is 0. The lowest BCUT2D eigenvalue weighted by Crippen LogP contribution is -1.96. The van der Waals surface area contributed by atoms with Crippen LogP contribution < -0.4 is 14.2 Å². The zero-order valence-corrected chi connectivity index (χ0v) is 11.7. The Hall–Kier alpha value is -2.49. The van der Waals surface area contributed by atoms with Gasteiger partial charge in [-0.15, -0.1) is 0 Å². The van der Waals surface area contributed by atoms with Crippen molar-refractivity contribution in [1.29, 1.82) is 0 Å². The third-order valence-corrected chi connectivity index (χ3v) is 3.07. The number of methoxy groups -OCH3 is 3. The first-order valence-corrected chi connectivity index (χ1v) is 6.09. The second-order valence-electron chi connectivity index (χ2n) is 4.14. The number of ether oxygens (including phenoxy) is 3. The minimum atomic E-state index is 0.520. The van der Waals surface area contributed by atoms with E-state index >= 15 is 0 Å². The monoisotopic (exact) mass is 272 g/mol. The number of benzene rings is 2. The maximum absolute atomic E-state index is 11.3. The second kappa shape index (κ2) is 6.10. The van der Waals surface area contributed by atoms with Crippen molar-refractivity contribution in [1.82, 2.24) is 0 Å². The third kappa shape index (κ3) is 2.59. The highest BCUT2D eigenvalue weighted by molar-refractivity contribution is 5.91. The molecule has 0 N–H and O–H groups in total. The van der Waals surface area contributed by atoms with Crippen LogP contribution in [0.15, 0.2) is 36.4 Å². The molecule has 0 heterocycles. The maximum Gasteiger partial charge on any atom is 0.150 e. The summed E-state index contributed by atoms with van der Waals surface area (Å²) in [7, 11) is 4.73. The zero-order valence-electron chi connectivity index (χ0n) is 11.7. The molecule has 2 aromatic rings. The number of carbonyl (C=O) groups excluding carboxylic acids is 1. The Labute approximate surface area is 117 Å². The quantitative estimate of drug-likeness (QED) is 0.784. The molecule has 2 aromatic carbocycles. The number of aldehydes is 1. The molecule has 0 saturated heterocycles. The smallest absolute Gasteiger partial charge is 0.150 e. The maximum atomic E-state index is 11.3. The fraction of sp³-hybridized carbons (Fsp3) is 0.188. The first-order valence-electron chi connectivity index (χ1n) is 6.09. The highest BCUT2D eigenvalue weighted by atomic mass is 16.5. The van der Waals surface area contributed by atoms with Crippen LogP contribution >= 0.6 is 0 Å². The fourth-order valence-corrected chi connectivity index (χ4v) is 2.05. The average molecular weight is 272 g/mol. The van der Waals surface area contributed by atoms with E-state index in [1.807, 2.05) is 24.3 Å². The van der Waals surface area contributed by atoms with Crippen LogP contribution in [0.4, 0.5) is 0 Å². The molecule has 0 amide bonds. The van der Waals surface area contributed by atoms with Crippen LogP contribution in [0, 0.1) is 0 Å². The van der Waals surface area contributed by atoms with Crippen molar-refractivity contribution in [2.45, 2.75) is 0 Å². The van der Waals surface area contributed by atoms with Gasteiger partial charge >= 0.3 is 0 Å². The normalized spacial score (nSPS) is 9.95. The summed E-state index contributed by atoms with van der Waals surface area (Å²) in [6, 6.07) is 10.9. The Balaban J connectivity index is 2.60. The molecule has 0 spiro atoms. The van der Waals surface area contributed by atoms with Gasteiger partial charge in [-0.2, -0.15) is 0 Å². The van der Waals surface area contributed by atoms with E-state index in [4.69, 9.17) is 14.2 Å². The van der Waals surface area contributed by atoms with Crippen molar-refractivity contribution in [2.24, 2.45) is 0 Å². The summed E-state index contributed by atoms with van der Waals surface area (Å²) >= 11 is 0. The molecule has 4 heteroatoms. The van der Waals surface area contributed by atoms with Crippen LogP contribution in [0.1, 0.15) is 10.4 Å². The standard InChI is InChI=1S/C16H16O4/c1-18-13-6-4-11(5-7-13)16-12(10-17)8-14(19-2)9-15(16)20-3/h4-10H,1-3H3. The highest BCUT2D eigenvalue weighted by Crippen LogP contribution is 2.36. The van der Waals surface area contributed by atoms with Gasteiger partial charge in [-0.25, -0.2) is 0 Å². The molecule has 20 heavy (non-hydrogen) atoms. The van der Waals surface area contributed by atoms with Gasteiger partial charge in [0.15, 0.2) is 6.29 Å². The first-order chi connectivity index (χ1) is 9.73. The SMILES string of the molecule is COc1ccc(-c2c(C=O)cc(OC)cc2OC)cc1. The Morgan fingerprint density at radius 2 is 1.50 bits per heavy atom. The van der Waals surface area contributed by atoms with Crippen molar-refractivity contribution in [3.63, 3.8) is 0 Å². The van der Waals surface area contributed by atoms with E-state index in [-0.39, 0.29) is 0 Å². The van der Waals surface area contributed by atoms with E-state index in [2.05, 4.69) is 0 Å². The Morgan fingerprint density at radius 1 is 0.850 bits per heavy atom. The Bertz CT molecular complexity index is 603. The molecule has 4 nitrogen and oxygen atoms in total. The highest BCUT2D eigenvalue weighted by Gasteiger charge is 2.14. The minimum absolute atomic E-state index is 0.520. The first kappa shape index (κ1) is 13.9. The Kier molecular flexibility index (Phi) is 4.25. The molecule has 0 fully saturated rings.